The standard InChI is InChI=1S/C34H45ClN4O6/c1-4-5-14-26(31(42)38-27(19-22-17-18-36-30(22)41)28(40)32(43)37-25-15-16-25)39-33(44)45-29(21-10-7-6-8-11-21)34(2,3)23-12-9-13-24(35)20-23/h6-13,20,22,25-29,40H,4-5,14-19H2,1-3H3,(H,36,41)(H,37,43)(H,38,42)(H,39,44)/t22?,26-,27-,28?,29?/m0/s1. The third-order valence-electron chi connectivity index (χ3n) is 8.61. The molecule has 0 spiro atoms. The van der Waals surface area contributed by atoms with Crippen molar-refractivity contribution in [3.05, 3.63) is 70.7 Å². The molecule has 5 N–H and O–H groups in total. The highest BCUT2D eigenvalue weighted by molar-refractivity contribution is 6.30. The number of alkyl carbamates (subject to hydrolysis) is 1. The molecule has 0 radical (unpaired) electrons. The van der Waals surface area contributed by atoms with Crippen molar-refractivity contribution in [2.75, 3.05) is 6.54 Å². The summed E-state index contributed by atoms with van der Waals surface area (Å²) in [5.41, 5.74) is 0.942. The predicted octanol–water partition coefficient (Wildman–Crippen LogP) is 4.29. The normalized spacial score (nSPS) is 19.0. The van der Waals surface area contributed by atoms with Gasteiger partial charge in [-0.3, -0.25) is 14.4 Å². The Morgan fingerprint density at radius 2 is 1.78 bits per heavy atom. The highest BCUT2D eigenvalue weighted by Crippen LogP contribution is 2.40. The van der Waals surface area contributed by atoms with Gasteiger partial charge in [-0.25, -0.2) is 4.79 Å². The van der Waals surface area contributed by atoms with E-state index < -0.39 is 53.5 Å². The van der Waals surface area contributed by atoms with Gasteiger partial charge in [0, 0.05) is 28.9 Å². The van der Waals surface area contributed by atoms with E-state index in [4.69, 9.17) is 16.3 Å². The highest BCUT2D eigenvalue weighted by atomic mass is 35.5. The number of aliphatic hydroxyl groups is 1. The Labute approximate surface area is 270 Å². The maximum atomic E-state index is 13.7. The second kappa shape index (κ2) is 15.6. The van der Waals surface area contributed by atoms with E-state index in [-0.39, 0.29) is 18.4 Å². The number of halogens is 1. The Morgan fingerprint density at radius 1 is 1.04 bits per heavy atom. The minimum atomic E-state index is -1.55. The van der Waals surface area contributed by atoms with Crippen LogP contribution in [0.2, 0.25) is 5.02 Å². The lowest BCUT2D eigenvalue weighted by atomic mass is 9.76. The predicted molar refractivity (Wildman–Crippen MR) is 171 cm³/mol. The Morgan fingerprint density at radius 3 is 2.40 bits per heavy atom. The van der Waals surface area contributed by atoms with Crippen molar-refractivity contribution in [1.29, 1.82) is 0 Å². The van der Waals surface area contributed by atoms with Crippen LogP contribution in [0.3, 0.4) is 0 Å². The SMILES string of the molecule is CCCC[C@H](NC(=O)OC(c1ccccc1)C(C)(C)c1cccc(Cl)c1)C(=O)N[C@@H](CC1CCNC1=O)C(O)C(=O)NC1CC1. The summed E-state index contributed by atoms with van der Waals surface area (Å²) in [6.45, 7) is 6.39. The fraction of sp³-hybridized carbons (Fsp3) is 0.529. The van der Waals surface area contributed by atoms with Gasteiger partial charge in [0.15, 0.2) is 6.10 Å². The second-order valence-electron chi connectivity index (χ2n) is 12.6. The first-order valence-electron chi connectivity index (χ1n) is 15.8. The van der Waals surface area contributed by atoms with Gasteiger partial charge in [0.1, 0.15) is 12.1 Å². The van der Waals surface area contributed by atoms with E-state index in [1.54, 1.807) is 6.07 Å². The first kappa shape index (κ1) is 34.2. The molecule has 1 saturated heterocycles. The molecule has 45 heavy (non-hydrogen) atoms. The number of carbonyl (C=O) groups excluding carboxylic acids is 4. The summed E-state index contributed by atoms with van der Waals surface area (Å²) in [7, 11) is 0. The van der Waals surface area contributed by atoms with Gasteiger partial charge in [0.2, 0.25) is 11.8 Å². The molecule has 11 heteroatoms. The fourth-order valence-electron chi connectivity index (χ4n) is 5.68. The highest BCUT2D eigenvalue weighted by Gasteiger charge is 2.39. The number of hydrogen-bond acceptors (Lipinski definition) is 6. The molecule has 0 bridgehead atoms. The van der Waals surface area contributed by atoms with Gasteiger partial charge in [0.25, 0.3) is 5.91 Å². The van der Waals surface area contributed by atoms with Gasteiger partial charge in [-0.05, 0) is 55.4 Å². The van der Waals surface area contributed by atoms with Gasteiger partial charge in [-0.15, -0.1) is 0 Å². The first-order chi connectivity index (χ1) is 21.5. The lowest BCUT2D eigenvalue weighted by Crippen LogP contribution is -2.56. The Kier molecular flexibility index (Phi) is 11.9. The average molecular weight is 641 g/mol. The summed E-state index contributed by atoms with van der Waals surface area (Å²) < 4.78 is 6.08. The smallest absolute Gasteiger partial charge is 0.408 e. The molecule has 1 saturated carbocycles. The number of amides is 4. The van der Waals surface area contributed by atoms with Gasteiger partial charge in [-0.1, -0.05) is 87.7 Å². The molecule has 2 aromatic carbocycles. The molecule has 10 nitrogen and oxygen atoms in total. The monoisotopic (exact) mass is 640 g/mol. The zero-order chi connectivity index (χ0) is 32.6. The molecule has 1 aliphatic carbocycles. The molecule has 2 fully saturated rings. The van der Waals surface area contributed by atoms with Crippen molar-refractivity contribution in [3.63, 3.8) is 0 Å². The van der Waals surface area contributed by atoms with Crippen LogP contribution in [0.25, 0.3) is 0 Å². The van der Waals surface area contributed by atoms with E-state index >= 15 is 0 Å². The summed E-state index contributed by atoms with van der Waals surface area (Å²) in [4.78, 5) is 52.3. The van der Waals surface area contributed by atoms with Crippen LogP contribution in [0.4, 0.5) is 4.79 Å². The molecule has 3 unspecified atom stereocenters. The summed E-state index contributed by atoms with van der Waals surface area (Å²) >= 11 is 6.30. The molecule has 4 rings (SSSR count). The van der Waals surface area contributed by atoms with Crippen molar-refractivity contribution in [2.24, 2.45) is 5.92 Å². The third-order valence-corrected chi connectivity index (χ3v) is 8.84. The third kappa shape index (κ3) is 9.43. The van der Waals surface area contributed by atoms with Crippen molar-refractivity contribution in [2.45, 2.75) is 101 Å². The molecule has 5 atom stereocenters. The molecular formula is C34H45ClN4O6. The number of ether oxygens (including phenoxy) is 1. The number of benzene rings is 2. The molecule has 244 valence electrons. The van der Waals surface area contributed by atoms with Gasteiger partial charge in [0.05, 0.1) is 6.04 Å². The van der Waals surface area contributed by atoms with Gasteiger partial charge < -0.3 is 31.1 Å². The Balaban J connectivity index is 1.52. The zero-order valence-electron chi connectivity index (χ0n) is 26.2. The van der Waals surface area contributed by atoms with Crippen molar-refractivity contribution in [3.8, 4) is 0 Å². The zero-order valence-corrected chi connectivity index (χ0v) is 26.9. The van der Waals surface area contributed by atoms with Crippen LogP contribution in [0, 0.1) is 5.92 Å². The molecule has 0 aromatic heterocycles. The average Bonchev–Trinajstić information content (AvgIpc) is 3.75. The molecule has 2 aliphatic rings. The second-order valence-corrected chi connectivity index (χ2v) is 13.1. The Bertz CT molecular complexity index is 1330. The number of carbonyl (C=O) groups is 4. The quantitative estimate of drug-likeness (QED) is 0.196. The van der Waals surface area contributed by atoms with Crippen LogP contribution in [-0.2, 0) is 24.5 Å². The van der Waals surface area contributed by atoms with Crippen molar-refractivity contribution >= 4 is 35.4 Å². The van der Waals surface area contributed by atoms with Crippen LogP contribution < -0.4 is 21.3 Å². The van der Waals surface area contributed by atoms with E-state index in [1.165, 1.54) is 0 Å². The number of unbranched alkanes of at least 4 members (excludes halogenated alkanes) is 1. The first-order valence-corrected chi connectivity index (χ1v) is 16.2. The van der Waals surface area contributed by atoms with Crippen molar-refractivity contribution < 1.29 is 29.0 Å². The number of aliphatic hydroxyl groups excluding tert-OH is 1. The maximum absolute atomic E-state index is 13.7. The minimum absolute atomic E-state index is 0.0146. The molecule has 1 heterocycles. The maximum Gasteiger partial charge on any atom is 0.408 e. The van der Waals surface area contributed by atoms with E-state index in [0.717, 1.165) is 30.4 Å². The van der Waals surface area contributed by atoms with E-state index in [1.807, 2.05) is 69.3 Å². The topological polar surface area (TPSA) is 146 Å². The van der Waals surface area contributed by atoms with Crippen LogP contribution in [-0.4, -0.2) is 59.7 Å². The molecular weight excluding hydrogens is 596 g/mol. The number of rotatable bonds is 15. The molecule has 2 aromatic rings. The summed E-state index contributed by atoms with van der Waals surface area (Å²) in [6.07, 6.45) is 0.952. The van der Waals surface area contributed by atoms with E-state index in [0.29, 0.717) is 30.8 Å². The van der Waals surface area contributed by atoms with Gasteiger partial charge >= 0.3 is 6.09 Å². The minimum Gasteiger partial charge on any atom is -0.440 e. The summed E-state index contributed by atoms with van der Waals surface area (Å²) in [6, 6.07) is 14.8. The van der Waals surface area contributed by atoms with Crippen LogP contribution in [0.5, 0.6) is 0 Å². The summed E-state index contributed by atoms with van der Waals surface area (Å²) in [5.74, 6) is -1.78. The van der Waals surface area contributed by atoms with E-state index in [2.05, 4.69) is 21.3 Å². The lowest BCUT2D eigenvalue weighted by molar-refractivity contribution is -0.134. The Hall–Kier alpha value is -3.63. The lowest BCUT2D eigenvalue weighted by Gasteiger charge is -2.35. The number of hydrogen-bond donors (Lipinski definition) is 5. The molecule has 4 amide bonds. The largest absolute Gasteiger partial charge is 0.440 e. The van der Waals surface area contributed by atoms with Gasteiger partial charge in [-0.2, -0.15) is 0 Å². The van der Waals surface area contributed by atoms with Crippen LogP contribution in [0.1, 0.15) is 82.9 Å². The fourth-order valence-corrected chi connectivity index (χ4v) is 5.87. The van der Waals surface area contributed by atoms with Crippen molar-refractivity contribution in [1.82, 2.24) is 21.3 Å². The summed E-state index contributed by atoms with van der Waals surface area (Å²) in [5, 5.41) is 22.6. The molecule has 1 aliphatic heterocycles. The van der Waals surface area contributed by atoms with Crippen LogP contribution in [0.15, 0.2) is 54.6 Å². The number of nitrogens with one attached hydrogen (secondary N) is 4. The van der Waals surface area contributed by atoms with E-state index in [9.17, 15) is 24.3 Å². The van der Waals surface area contributed by atoms with Crippen LogP contribution >= 0.6 is 11.6 Å².